The molecule has 0 radical (unpaired) electrons. The summed E-state index contributed by atoms with van der Waals surface area (Å²) in [6.45, 7) is 6.19. The first-order valence-corrected chi connectivity index (χ1v) is 13.0. The number of carbonyl (C=O) groups excluding carboxylic acids is 1. The third kappa shape index (κ3) is 5.88. The molecule has 2 fully saturated rings. The van der Waals surface area contributed by atoms with E-state index in [-0.39, 0.29) is 18.2 Å². The molecule has 5 rings (SSSR count). The van der Waals surface area contributed by atoms with Crippen molar-refractivity contribution in [1.82, 2.24) is 19.8 Å². The minimum atomic E-state index is -0.00727. The summed E-state index contributed by atoms with van der Waals surface area (Å²) in [4.78, 5) is 25.8. The first kappa shape index (κ1) is 25.1. The second-order valence-corrected chi connectivity index (χ2v) is 9.56. The molecule has 0 bridgehead atoms. The lowest BCUT2D eigenvalue weighted by atomic mass is 10.1. The van der Waals surface area contributed by atoms with Gasteiger partial charge >= 0.3 is 6.03 Å². The standard InChI is InChI=1S/C28H35N5O4/c1-20(21-7-4-3-5-8-21)31-27-23-17-26(25(35-2)18-24(23)29-19-30-27)37-22-9-12-33(13-10-22)28(34)32-11-6-15-36-16-14-32/h3-5,7-8,17-20,22H,6,9-16H2,1-2H3,(H,29,30,31)/t20-/m1/s1. The molecule has 1 aromatic heterocycles. The zero-order valence-corrected chi connectivity index (χ0v) is 21.6. The predicted octanol–water partition coefficient (Wildman–Crippen LogP) is 4.50. The molecule has 0 spiro atoms. The highest BCUT2D eigenvalue weighted by Gasteiger charge is 2.28. The number of likely N-dealkylation sites (tertiary alicyclic amines) is 1. The van der Waals surface area contributed by atoms with Crippen LogP contribution >= 0.6 is 0 Å². The molecule has 3 aromatic rings. The maximum atomic E-state index is 13.0. The van der Waals surface area contributed by atoms with Crippen molar-refractivity contribution in [3.63, 3.8) is 0 Å². The van der Waals surface area contributed by atoms with Gasteiger partial charge in [0.15, 0.2) is 11.5 Å². The molecule has 2 saturated heterocycles. The Morgan fingerprint density at radius 3 is 2.59 bits per heavy atom. The number of benzene rings is 2. The van der Waals surface area contributed by atoms with Crippen LogP contribution in [-0.2, 0) is 4.74 Å². The Balaban J connectivity index is 1.28. The smallest absolute Gasteiger partial charge is 0.320 e. The van der Waals surface area contributed by atoms with Crippen molar-refractivity contribution in [3.8, 4) is 11.5 Å². The molecule has 2 aromatic carbocycles. The second kappa shape index (κ2) is 11.6. The van der Waals surface area contributed by atoms with Gasteiger partial charge in [-0.05, 0) is 25.0 Å². The van der Waals surface area contributed by atoms with Crippen LogP contribution in [0.15, 0.2) is 48.8 Å². The van der Waals surface area contributed by atoms with E-state index in [1.807, 2.05) is 40.1 Å². The highest BCUT2D eigenvalue weighted by molar-refractivity contribution is 5.91. The summed E-state index contributed by atoms with van der Waals surface area (Å²) in [6, 6.07) is 14.3. The first-order valence-electron chi connectivity index (χ1n) is 13.0. The number of rotatable bonds is 6. The number of hydrogen-bond donors (Lipinski definition) is 1. The number of aromatic nitrogens is 2. The fourth-order valence-corrected chi connectivity index (χ4v) is 4.94. The van der Waals surface area contributed by atoms with E-state index in [1.54, 1.807) is 13.4 Å². The second-order valence-electron chi connectivity index (χ2n) is 9.56. The quantitative estimate of drug-likeness (QED) is 0.528. The molecular weight excluding hydrogens is 470 g/mol. The van der Waals surface area contributed by atoms with Crippen molar-refractivity contribution in [1.29, 1.82) is 0 Å². The summed E-state index contributed by atoms with van der Waals surface area (Å²) in [5.74, 6) is 2.04. The van der Waals surface area contributed by atoms with Crippen LogP contribution in [-0.4, -0.2) is 78.4 Å². The van der Waals surface area contributed by atoms with Crippen molar-refractivity contribution >= 4 is 22.8 Å². The van der Waals surface area contributed by atoms with E-state index in [0.29, 0.717) is 37.7 Å². The van der Waals surface area contributed by atoms with Crippen LogP contribution in [0.4, 0.5) is 10.6 Å². The Morgan fingerprint density at radius 1 is 1.03 bits per heavy atom. The van der Waals surface area contributed by atoms with Crippen molar-refractivity contribution in [2.24, 2.45) is 0 Å². The van der Waals surface area contributed by atoms with Gasteiger partial charge in [0.1, 0.15) is 18.2 Å². The van der Waals surface area contributed by atoms with Crippen LogP contribution in [0.3, 0.4) is 0 Å². The number of hydrogen-bond acceptors (Lipinski definition) is 7. The van der Waals surface area contributed by atoms with Crippen molar-refractivity contribution in [2.45, 2.75) is 38.3 Å². The normalized spacial score (nSPS) is 17.8. The van der Waals surface area contributed by atoms with Crippen molar-refractivity contribution in [3.05, 3.63) is 54.4 Å². The van der Waals surface area contributed by atoms with E-state index in [0.717, 1.165) is 49.1 Å². The van der Waals surface area contributed by atoms with Crippen LogP contribution in [0.5, 0.6) is 11.5 Å². The third-order valence-corrected chi connectivity index (χ3v) is 7.07. The summed E-state index contributed by atoms with van der Waals surface area (Å²) < 4.78 is 17.6. The van der Waals surface area contributed by atoms with Crippen molar-refractivity contribution < 1.29 is 19.0 Å². The van der Waals surface area contributed by atoms with Gasteiger partial charge in [-0.25, -0.2) is 14.8 Å². The summed E-state index contributed by atoms with van der Waals surface area (Å²) in [7, 11) is 1.64. The number of methoxy groups -OCH3 is 1. The molecule has 0 aliphatic carbocycles. The van der Waals surface area contributed by atoms with E-state index in [2.05, 4.69) is 34.3 Å². The number of piperidine rings is 1. The number of nitrogens with one attached hydrogen (secondary N) is 1. The predicted molar refractivity (Wildman–Crippen MR) is 142 cm³/mol. The van der Waals surface area contributed by atoms with Gasteiger partial charge in [0.2, 0.25) is 0 Å². The lowest BCUT2D eigenvalue weighted by Gasteiger charge is -2.35. The van der Waals surface area contributed by atoms with E-state index < -0.39 is 0 Å². The minimum absolute atomic E-state index is 0.00727. The zero-order chi connectivity index (χ0) is 25.6. The Kier molecular flexibility index (Phi) is 7.89. The Hall–Kier alpha value is -3.59. The molecule has 2 aliphatic rings. The summed E-state index contributed by atoms with van der Waals surface area (Å²) in [5, 5.41) is 4.39. The molecule has 1 N–H and O–H groups in total. The Morgan fingerprint density at radius 2 is 1.81 bits per heavy atom. The van der Waals surface area contributed by atoms with Gasteiger partial charge in [0.05, 0.1) is 19.2 Å². The lowest BCUT2D eigenvalue weighted by molar-refractivity contribution is 0.0909. The molecule has 0 saturated carbocycles. The van der Waals surface area contributed by atoms with E-state index in [9.17, 15) is 4.79 Å². The van der Waals surface area contributed by atoms with Crippen LogP contribution < -0.4 is 14.8 Å². The number of carbonyl (C=O) groups is 1. The first-order chi connectivity index (χ1) is 18.1. The zero-order valence-electron chi connectivity index (χ0n) is 21.6. The molecule has 1 atom stereocenters. The molecule has 0 unspecified atom stereocenters. The van der Waals surface area contributed by atoms with E-state index >= 15 is 0 Å². The highest BCUT2D eigenvalue weighted by atomic mass is 16.5. The molecule has 3 heterocycles. The van der Waals surface area contributed by atoms with Gasteiger partial charge in [-0.1, -0.05) is 30.3 Å². The largest absolute Gasteiger partial charge is 0.493 e. The highest BCUT2D eigenvalue weighted by Crippen LogP contribution is 2.36. The number of fused-ring (bicyclic) bond motifs is 1. The summed E-state index contributed by atoms with van der Waals surface area (Å²) in [6.07, 6.45) is 3.97. The number of anilines is 1. The van der Waals surface area contributed by atoms with E-state index in [1.165, 1.54) is 5.56 Å². The monoisotopic (exact) mass is 505 g/mol. The molecule has 2 aliphatic heterocycles. The van der Waals surface area contributed by atoms with Crippen LogP contribution in [0, 0.1) is 0 Å². The molecule has 196 valence electrons. The van der Waals surface area contributed by atoms with Gasteiger partial charge < -0.3 is 29.3 Å². The minimum Gasteiger partial charge on any atom is -0.493 e. The maximum absolute atomic E-state index is 13.0. The number of urea groups is 1. The maximum Gasteiger partial charge on any atom is 0.320 e. The average Bonchev–Trinajstić information content (AvgIpc) is 3.23. The molecule has 9 nitrogen and oxygen atoms in total. The molecule has 9 heteroatoms. The van der Waals surface area contributed by atoms with E-state index in [4.69, 9.17) is 14.2 Å². The lowest BCUT2D eigenvalue weighted by Crippen LogP contribution is -2.49. The molecule has 37 heavy (non-hydrogen) atoms. The number of nitrogens with zero attached hydrogens (tertiary/aromatic N) is 4. The SMILES string of the molecule is COc1cc2ncnc(N[C@H](C)c3ccccc3)c2cc1OC1CCN(C(=O)N2CCCOCC2)CC1. The Bertz CT molecular complexity index is 1190. The number of amides is 2. The van der Waals surface area contributed by atoms with Gasteiger partial charge in [-0.15, -0.1) is 0 Å². The van der Waals surface area contributed by atoms with Crippen LogP contribution in [0.2, 0.25) is 0 Å². The molecule has 2 amide bonds. The third-order valence-electron chi connectivity index (χ3n) is 7.07. The van der Waals surface area contributed by atoms with Crippen LogP contribution in [0.1, 0.15) is 37.8 Å². The summed E-state index contributed by atoms with van der Waals surface area (Å²) in [5.41, 5.74) is 1.96. The van der Waals surface area contributed by atoms with Gasteiger partial charge in [-0.3, -0.25) is 0 Å². The molecular formula is C28H35N5O4. The van der Waals surface area contributed by atoms with Gasteiger partial charge in [0, 0.05) is 63.1 Å². The van der Waals surface area contributed by atoms with Gasteiger partial charge in [-0.2, -0.15) is 0 Å². The topological polar surface area (TPSA) is 89.1 Å². The van der Waals surface area contributed by atoms with Crippen molar-refractivity contribution in [2.75, 3.05) is 51.8 Å². The fourth-order valence-electron chi connectivity index (χ4n) is 4.94. The van der Waals surface area contributed by atoms with Crippen LogP contribution in [0.25, 0.3) is 10.9 Å². The average molecular weight is 506 g/mol. The summed E-state index contributed by atoms with van der Waals surface area (Å²) >= 11 is 0. The Labute approximate surface area is 217 Å². The van der Waals surface area contributed by atoms with Gasteiger partial charge in [0.25, 0.3) is 0 Å². The fraction of sp³-hybridized carbons (Fsp3) is 0.464. The number of ether oxygens (including phenoxy) is 3.